The van der Waals surface area contributed by atoms with Gasteiger partial charge in [0.2, 0.25) is 0 Å². The molecule has 4 rings (SSSR count). The molecular formula is C21H24N4O3. The summed E-state index contributed by atoms with van der Waals surface area (Å²) in [5, 5.41) is 9.04. The monoisotopic (exact) mass is 380 g/mol. The summed E-state index contributed by atoms with van der Waals surface area (Å²) in [5.41, 5.74) is 2.30. The molecule has 1 saturated heterocycles. The third-order valence-electron chi connectivity index (χ3n) is 4.97. The highest BCUT2D eigenvalue weighted by Crippen LogP contribution is 2.18. The summed E-state index contributed by atoms with van der Waals surface area (Å²) in [5.74, 6) is 1.54. The van der Waals surface area contributed by atoms with E-state index < -0.39 is 0 Å². The van der Waals surface area contributed by atoms with E-state index in [9.17, 15) is 4.79 Å². The van der Waals surface area contributed by atoms with Crippen LogP contribution in [0.25, 0.3) is 11.0 Å². The molecule has 7 nitrogen and oxygen atoms in total. The molecule has 0 radical (unpaired) electrons. The maximum Gasteiger partial charge on any atom is 0.254 e. The molecule has 1 aliphatic rings. The van der Waals surface area contributed by atoms with E-state index in [1.165, 1.54) is 0 Å². The number of carbonyl (C=O) groups is 1. The Morgan fingerprint density at radius 2 is 1.89 bits per heavy atom. The number of benzene rings is 2. The fourth-order valence-electron chi connectivity index (χ4n) is 3.43. The van der Waals surface area contributed by atoms with Gasteiger partial charge in [-0.3, -0.25) is 9.69 Å². The zero-order chi connectivity index (χ0) is 19.3. The van der Waals surface area contributed by atoms with Gasteiger partial charge in [-0.2, -0.15) is 0 Å². The van der Waals surface area contributed by atoms with Gasteiger partial charge >= 0.3 is 0 Å². The molecule has 2 aromatic carbocycles. The van der Waals surface area contributed by atoms with Crippen molar-refractivity contribution in [2.24, 2.45) is 0 Å². The van der Waals surface area contributed by atoms with Gasteiger partial charge in [0, 0.05) is 38.3 Å². The lowest BCUT2D eigenvalue weighted by molar-refractivity contribution is 0.0615. The number of H-pyrrole nitrogens is 1. The van der Waals surface area contributed by atoms with E-state index in [1.54, 1.807) is 0 Å². The van der Waals surface area contributed by atoms with Gasteiger partial charge in [-0.05, 0) is 30.3 Å². The lowest BCUT2D eigenvalue weighted by Crippen LogP contribution is -2.49. The molecule has 0 bridgehead atoms. The SMILES string of the molecule is O=C(c1ccc2nc(COc3ccccc3)[nH]c2c1)N1CCN(CCO)CC1. The van der Waals surface area contributed by atoms with E-state index in [2.05, 4.69) is 14.9 Å². The van der Waals surface area contributed by atoms with Gasteiger partial charge in [0.25, 0.3) is 5.91 Å². The first-order chi connectivity index (χ1) is 13.7. The van der Waals surface area contributed by atoms with Crippen LogP contribution in [-0.2, 0) is 6.61 Å². The second kappa shape index (κ2) is 8.41. The Hall–Kier alpha value is -2.90. The summed E-state index contributed by atoms with van der Waals surface area (Å²) in [7, 11) is 0. The molecular weight excluding hydrogens is 356 g/mol. The third kappa shape index (κ3) is 4.16. The number of carbonyl (C=O) groups excluding carboxylic acids is 1. The van der Waals surface area contributed by atoms with Crippen molar-refractivity contribution >= 4 is 16.9 Å². The lowest BCUT2D eigenvalue weighted by Gasteiger charge is -2.34. The molecule has 1 amide bonds. The number of aliphatic hydroxyl groups excluding tert-OH is 1. The molecule has 7 heteroatoms. The standard InChI is InChI=1S/C21H24N4O3/c26-13-12-24-8-10-25(11-9-24)21(27)16-6-7-18-19(14-16)23-20(22-18)15-28-17-4-2-1-3-5-17/h1-7,14,26H,8-13,15H2,(H,22,23). The first-order valence-electron chi connectivity index (χ1n) is 9.52. The Morgan fingerprint density at radius 1 is 1.11 bits per heavy atom. The molecule has 1 fully saturated rings. The third-order valence-corrected chi connectivity index (χ3v) is 4.97. The number of rotatable bonds is 6. The predicted octanol–water partition coefficient (Wildman–Crippen LogP) is 1.89. The molecule has 0 spiro atoms. The van der Waals surface area contributed by atoms with Crippen LogP contribution in [0.4, 0.5) is 0 Å². The number of aromatic amines is 1. The minimum absolute atomic E-state index is 0.0298. The molecule has 0 aliphatic carbocycles. The number of ether oxygens (including phenoxy) is 1. The Labute approximate surface area is 163 Å². The summed E-state index contributed by atoms with van der Waals surface area (Å²) in [6.07, 6.45) is 0. The number of hydrogen-bond acceptors (Lipinski definition) is 5. The van der Waals surface area contributed by atoms with Gasteiger partial charge in [-0.25, -0.2) is 4.98 Å². The molecule has 0 atom stereocenters. The highest BCUT2D eigenvalue weighted by atomic mass is 16.5. The molecule has 2 N–H and O–H groups in total. The second-order valence-electron chi connectivity index (χ2n) is 6.87. The average Bonchev–Trinajstić information content (AvgIpc) is 3.15. The number of aromatic nitrogens is 2. The van der Waals surface area contributed by atoms with Crippen LogP contribution < -0.4 is 4.74 Å². The van der Waals surface area contributed by atoms with Gasteiger partial charge in [-0.15, -0.1) is 0 Å². The number of hydrogen-bond donors (Lipinski definition) is 2. The van der Waals surface area contributed by atoms with E-state index in [0.29, 0.717) is 31.8 Å². The second-order valence-corrected chi connectivity index (χ2v) is 6.87. The number of nitrogens with zero attached hydrogens (tertiary/aromatic N) is 3. The van der Waals surface area contributed by atoms with Crippen LogP contribution in [0.1, 0.15) is 16.2 Å². The van der Waals surface area contributed by atoms with Crippen LogP contribution in [0.15, 0.2) is 48.5 Å². The molecule has 0 unspecified atom stereocenters. The number of nitrogens with one attached hydrogen (secondary N) is 1. The van der Waals surface area contributed by atoms with Crippen molar-refractivity contribution in [1.82, 2.24) is 19.8 Å². The Bertz CT molecular complexity index is 933. The first kappa shape index (κ1) is 18.5. The van der Waals surface area contributed by atoms with E-state index in [0.717, 1.165) is 35.7 Å². The maximum absolute atomic E-state index is 12.8. The minimum atomic E-state index is 0.0298. The number of imidazole rings is 1. The van der Waals surface area contributed by atoms with Crippen LogP contribution in [-0.4, -0.2) is 70.1 Å². The Kier molecular flexibility index (Phi) is 5.55. The summed E-state index contributed by atoms with van der Waals surface area (Å²) in [4.78, 5) is 24.6. The van der Waals surface area contributed by atoms with Crippen LogP contribution >= 0.6 is 0 Å². The van der Waals surface area contributed by atoms with Crippen LogP contribution in [0, 0.1) is 0 Å². The zero-order valence-electron chi connectivity index (χ0n) is 15.7. The normalized spacial score (nSPS) is 15.1. The number of aliphatic hydroxyl groups is 1. The average molecular weight is 380 g/mol. The van der Waals surface area contributed by atoms with Crippen LogP contribution in [0.2, 0.25) is 0 Å². The molecule has 28 heavy (non-hydrogen) atoms. The number of para-hydroxylation sites is 1. The largest absolute Gasteiger partial charge is 0.486 e. The first-order valence-corrected chi connectivity index (χ1v) is 9.52. The van der Waals surface area contributed by atoms with Crippen LogP contribution in [0.5, 0.6) is 5.75 Å². The summed E-state index contributed by atoms with van der Waals surface area (Å²) in [6.45, 7) is 4.09. The molecule has 1 aliphatic heterocycles. The highest BCUT2D eigenvalue weighted by Gasteiger charge is 2.22. The summed E-state index contributed by atoms with van der Waals surface area (Å²) < 4.78 is 5.73. The van der Waals surface area contributed by atoms with Gasteiger partial charge in [0.05, 0.1) is 17.6 Å². The van der Waals surface area contributed by atoms with E-state index >= 15 is 0 Å². The number of piperazine rings is 1. The van der Waals surface area contributed by atoms with Crippen molar-refractivity contribution in [3.05, 3.63) is 59.9 Å². The predicted molar refractivity (Wildman–Crippen MR) is 106 cm³/mol. The van der Waals surface area contributed by atoms with Crippen molar-refractivity contribution in [3.8, 4) is 5.75 Å². The lowest BCUT2D eigenvalue weighted by atomic mass is 10.1. The molecule has 3 aromatic rings. The number of fused-ring (bicyclic) bond motifs is 1. The number of β-amino-alcohol motifs (C(OH)–C–C–N with tert-alkyl or cyclic N) is 1. The topological polar surface area (TPSA) is 81.7 Å². The fraction of sp³-hybridized carbons (Fsp3) is 0.333. The minimum Gasteiger partial charge on any atom is -0.486 e. The molecule has 2 heterocycles. The summed E-state index contributed by atoms with van der Waals surface area (Å²) >= 11 is 0. The Balaban J connectivity index is 1.42. The highest BCUT2D eigenvalue weighted by molar-refractivity contribution is 5.97. The van der Waals surface area contributed by atoms with E-state index in [1.807, 2.05) is 53.4 Å². The van der Waals surface area contributed by atoms with Gasteiger partial charge < -0.3 is 19.7 Å². The molecule has 1 aromatic heterocycles. The zero-order valence-corrected chi connectivity index (χ0v) is 15.7. The van der Waals surface area contributed by atoms with Gasteiger partial charge in [-0.1, -0.05) is 18.2 Å². The smallest absolute Gasteiger partial charge is 0.254 e. The quantitative estimate of drug-likeness (QED) is 0.683. The summed E-state index contributed by atoms with van der Waals surface area (Å²) in [6, 6.07) is 15.2. The van der Waals surface area contributed by atoms with Crippen molar-refractivity contribution in [3.63, 3.8) is 0 Å². The van der Waals surface area contributed by atoms with Crippen LogP contribution in [0.3, 0.4) is 0 Å². The van der Waals surface area contributed by atoms with Crippen molar-refractivity contribution in [1.29, 1.82) is 0 Å². The molecule has 0 saturated carbocycles. The Morgan fingerprint density at radius 3 is 2.64 bits per heavy atom. The van der Waals surface area contributed by atoms with Gasteiger partial charge in [0.1, 0.15) is 18.2 Å². The van der Waals surface area contributed by atoms with Gasteiger partial charge in [0.15, 0.2) is 0 Å². The fourth-order valence-corrected chi connectivity index (χ4v) is 3.43. The molecule has 146 valence electrons. The van der Waals surface area contributed by atoms with Crippen molar-refractivity contribution < 1.29 is 14.6 Å². The van der Waals surface area contributed by atoms with E-state index in [-0.39, 0.29) is 12.5 Å². The number of amides is 1. The van der Waals surface area contributed by atoms with Crippen molar-refractivity contribution in [2.45, 2.75) is 6.61 Å². The van der Waals surface area contributed by atoms with Crippen molar-refractivity contribution in [2.75, 3.05) is 39.3 Å². The maximum atomic E-state index is 12.8. The van der Waals surface area contributed by atoms with E-state index in [4.69, 9.17) is 9.84 Å².